The highest BCUT2D eigenvalue weighted by Gasteiger charge is 2.32. The lowest BCUT2D eigenvalue weighted by atomic mass is 10.1. The molecule has 9 nitrogen and oxygen atoms in total. The van der Waals surface area contributed by atoms with Crippen molar-refractivity contribution in [2.45, 2.75) is 25.7 Å². The van der Waals surface area contributed by atoms with Crippen LogP contribution in [0, 0.1) is 13.8 Å². The second-order valence-corrected chi connectivity index (χ2v) is 9.99. The normalized spacial score (nSPS) is 14.9. The predicted octanol–water partition coefficient (Wildman–Crippen LogP) is 2.57. The zero-order chi connectivity index (χ0) is 24.5. The Morgan fingerprint density at radius 2 is 1.79 bits per heavy atom. The molecule has 0 N–H and O–H groups in total. The Hall–Kier alpha value is -3.37. The summed E-state index contributed by atoms with van der Waals surface area (Å²) >= 11 is 0. The first kappa shape index (κ1) is 23.8. The SMILES string of the molecule is CCOC(=O)c1ccc(C(=O)N2CCN(S(=O)(=O)c3cccc4cc(C)cnc34)CC2)nc1C. The van der Waals surface area contributed by atoms with Crippen LogP contribution in [0.25, 0.3) is 10.9 Å². The highest BCUT2D eigenvalue weighted by molar-refractivity contribution is 7.89. The minimum absolute atomic E-state index is 0.163. The van der Waals surface area contributed by atoms with Crippen molar-refractivity contribution < 1.29 is 22.7 Å². The van der Waals surface area contributed by atoms with Crippen molar-refractivity contribution in [1.82, 2.24) is 19.2 Å². The molecule has 0 saturated carbocycles. The number of hydrogen-bond donors (Lipinski definition) is 0. The fourth-order valence-electron chi connectivity index (χ4n) is 3.99. The van der Waals surface area contributed by atoms with E-state index in [0.29, 0.717) is 16.8 Å². The molecule has 0 atom stereocenters. The lowest BCUT2D eigenvalue weighted by Gasteiger charge is -2.34. The average molecular weight is 483 g/mol. The summed E-state index contributed by atoms with van der Waals surface area (Å²) in [5.74, 6) is -0.790. The van der Waals surface area contributed by atoms with Crippen molar-refractivity contribution in [1.29, 1.82) is 0 Å². The molecule has 0 unspecified atom stereocenters. The van der Waals surface area contributed by atoms with Gasteiger partial charge in [-0.15, -0.1) is 0 Å². The fourth-order valence-corrected chi connectivity index (χ4v) is 5.58. The van der Waals surface area contributed by atoms with Gasteiger partial charge in [0.1, 0.15) is 10.6 Å². The lowest BCUT2D eigenvalue weighted by Crippen LogP contribution is -2.50. The number of para-hydroxylation sites is 1. The highest BCUT2D eigenvalue weighted by Crippen LogP contribution is 2.26. The number of piperazine rings is 1. The van der Waals surface area contributed by atoms with Gasteiger partial charge in [-0.2, -0.15) is 4.31 Å². The first-order chi connectivity index (χ1) is 16.2. The van der Waals surface area contributed by atoms with Crippen LogP contribution in [0.3, 0.4) is 0 Å². The second-order valence-electron chi connectivity index (χ2n) is 8.09. The van der Waals surface area contributed by atoms with Gasteiger partial charge in [0.25, 0.3) is 5.91 Å². The molecule has 0 aliphatic carbocycles. The minimum atomic E-state index is -3.78. The molecule has 10 heteroatoms. The van der Waals surface area contributed by atoms with Crippen LogP contribution in [0.15, 0.2) is 47.5 Å². The Labute approximate surface area is 198 Å². The number of rotatable bonds is 5. The van der Waals surface area contributed by atoms with Gasteiger partial charge in [0, 0.05) is 37.8 Å². The summed E-state index contributed by atoms with van der Waals surface area (Å²) in [5, 5.41) is 0.766. The highest BCUT2D eigenvalue weighted by atomic mass is 32.2. The molecule has 1 aromatic carbocycles. The molecule has 0 spiro atoms. The molecule has 1 amide bonds. The third kappa shape index (κ3) is 4.51. The molecule has 0 bridgehead atoms. The van der Waals surface area contributed by atoms with Gasteiger partial charge in [0.2, 0.25) is 10.0 Å². The van der Waals surface area contributed by atoms with Crippen molar-refractivity contribution in [3.63, 3.8) is 0 Å². The van der Waals surface area contributed by atoms with E-state index >= 15 is 0 Å². The van der Waals surface area contributed by atoms with E-state index in [-0.39, 0.29) is 49.3 Å². The Morgan fingerprint density at radius 1 is 1.06 bits per heavy atom. The molecule has 2 aromatic heterocycles. The molecule has 178 valence electrons. The van der Waals surface area contributed by atoms with E-state index in [1.54, 1.807) is 37.1 Å². The number of aromatic nitrogens is 2. The Balaban J connectivity index is 1.49. The van der Waals surface area contributed by atoms with E-state index in [2.05, 4.69) is 9.97 Å². The van der Waals surface area contributed by atoms with E-state index < -0.39 is 16.0 Å². The number of carbonyl (C=O) groups is 2. The summed E-state index contributed by atoms with van der Waals surface area (Å²) in [4.78, 5) is 35.3. The van der Waals surface area contributed by atoms with Crippen LogP contribution in [-0.4, -0.2) is 72.3 Å². The number of fused-ring (bicyclic) bond motifs is 1. The van der Waals surface area contributed by atoms with Crippen molar-refractivity contribution in [3.05, 3.63) is 65.1 Å². The number of hydrogen-bond acceptors (Lipinski definition) is 7. The number of aryl methyl sites for hydroxylation is 2. The van der Waals surface area contributed by atoms with Gasteiger partial charge in [0.15, 0.2) is 0 Å². The molecule has 3 heterocycles. The van der Waals surface area contributed by atoms with E-state index in [1.807, 2.05) is 19.1 Å². The van der Waals surface area contributed by atoms with Crippen molar-refractivity contribution >= 4 is 32.8 Å². The minimum Gasteiger partial charge on any atom is -0.462 e. The molecule has 1 saturated heterocycles. The molecule has 0 radical (unpaired) electrons. The first-order valence-corrected chi connectivity index (χ1v) is 12.5. The van der Waals surface area contributed by atoms with E-state index in [0.717, 1.165) is 10.9 Å². The monoisotopic (exact) mass is 482 g/mol. The second kappa shape index (κ2) is 9.47. The molecule has 3 aromatic rings. The quantitative estimate of drug-likeness (QED) is 0.514. The fraction of sp³-hybridized carbons (Fsp3) is 0.333. The van der Waals surface area contributed by atoms with Gasteiger partial charge in [-0.05, 0) is 50.6 Å². The van der Waals surface area contributed by atoms with Gasteiger partial charge in [-0.3, -0.25) is 9.78 Å². The van der Waals surface area contributed by atoms with Crippen LogP contribution in [0.4, 0.5) is 0 Å². The molecule has 34 heavy (non-hydrogen) atoms. The van der Waals surface area contributed by atoms with Crippen molar-refractivity contribution in [3.8, 4) is 0 Å². The number of benzene rings is 1. The maximum absolute atomic E-state index is 13.4. The Kier molecular flexibility index (Phi) is 6.63. The summed E-state index contributed by atoms with van der Waals surface area (Å²) in [6, 6.07) is 10.0. The molecule has 1 aliphatic rings. The third-order valence-electron chi connectivity index (χ3n) is 5.75. The van der Waals surface area contributed by atoms with Crippen LogP contribution in [-0.2, 0) is 14.8 Å². The number of esters is 1. The van der Waals surface area contributed by atoms with Crippen LogP contribution in [0.5, 0.6) is 0 Å². The topological polar surface area (TPSA) is 110 Å². The van der Waals surface area contributed by atoms with Crippen molar-refractivity contribution in [2.75, 3.05) is 32.8 Å². The van der Waals surface area contributed by atoms with Gasteiger partial charge < -0.3 is 9.64 Å². The summed E-state index contributed by atoms with van der Waals surface area (Å²) in [6.45, 7) is 6.31. The van der Waals surface area contributed by atoms with Crippen LogP contribution < -0.4 is 0 Å². The van der Waals surface area contributed by atoms with Crippen LogP contribution >= 0.6 is 0 Å². The molecule has 1 fully saturated rings. The standard InChI is InChI=1S/C24H26N4O5S/c1-4-33-24(30)19-8-9-20(26-17(19)3)23(29)27-10-12-28(13-11-27)34(31,32)21-7-5-6-18-14-16(2)15-25-22(18)21/h5-9,14-15H,4,10-13H2,1-3H3. The predicted molar refractivity (Wildman–Crippen MR) is 126 cm³/mol. The summed E-state index contributed by atoms with van der Waals surface area (Å²) < 4.78 is 33.1. The zero-order valence-corrected chi connectivity index (χ0v) is 20.1. The van der Waals surface area contributed by atoms with Gasteiger partial charge in [-0.25, -0.2) is 18.2 Å². The summed E-state index contributed by atoms with van der Waals surface area (Å²) in [5.41, 5.74) is 2.31. The Morgan fingerprint density at radius 3 is 2.47 bits per heavy atom. The largest absolute Gasteiger partial charge is 0.462 e. The van der Waals surface area contributed by atoms with Gasteiger partial charge in [-0.1, -0.05) is 12.1 Å². The van der Waals surface area contributed by atoms with Crippen molar-refractivity contribution in [2.24, 2.45) is 0 Å². The summed E-state index contributed by atoms with van der Waals surface area (Å²) in [6.07, 6.45) is 1.65. The Bertz CT molecular complexity index is 1370. The van der Waals surface area contributed by atoms with E-state index in [4.69, 9.17) is 4.74 Å². The van der Waals surface area contributed by atoms with E-state index in [9.17, 15) is 18.0 Å². The number of pyridine rings is 2. The van der Waals surface area contributed by atoms with Gasteiger partial charge >= 0.3 is 5.97 Å². The third-order valence-corrected chi connectivity index (χ3v) is 7.68. The number of ether oxygens (including phenoxy) is 1. The zero-order valence-electron chi connectivity index (χ0n) is 19.3. The number of amides is 1. The number of nitrogens with zero attached hydrogens (tertiary/aromatic N) is 4. The number of carbonyl (C=O) groups excluding carboxylic acids is 2. The van der Waals surface area contributed by atoms with Gasteiger partial charge in [0.05, 0.1) is 23.4 Å². The van der Waals surface area contributed by atoms with Crippen LogP contribution in [0.1, 0.15) is 39.0 Å². The summed E-state index contributed by atoms with van der Waals surface area (Å²) in [7, 11) is -3.78. The number of sulfonamides is 1. The van der Waals surface area contributed by atoms with Crippen LogP contribution in [0.2, 0.25) is 0 Å². The van der Waals surface area contributed by atoms with E-state index in [1.165, 1.54) is 16.4 Å². The smallest absolute Gasteiger partial charge is 0.339 e. The molecular formula is C24H26N4O5S. The lowest BCUT2D eigenvalue weighted by molar-refractivity contribution is 0.0523. The average Bonchev–Trinajstić information content (AvgIpc) is 2.83. The maximum atomic E-state index is 13.4. The maximum Gasteiger partial charge on any atom is 0.339 e. The molecule has 1 aliphatic heterocycles. The molecule has 4 rings (SSSR count). The first-order valence-electron chi connectivity index (χ1n) is 11.0. The molecular weight excluding hydrogens is 456 g/mol.